The Labute approximate surface area is 124 Å². The van der Waals surface area contributed by atoms with E-state index in [1.165, 1.54) is 21.2 Å². The second-order valence-electron chi connectivity index (χ2n) is 5.67. The van der Waals surface area contributed by atoms with Gasteiger partial charge >= 0.3 is 6.09 Å². The second-order valence-corrected chi connectivity index (χ2v) is 5.67. The van der Waals surface area contributed by atoms with Crippen molar-refractivity contribution >= 4 is 16.9 Å². The Bertz CT molecular complexity index is 651. The van der Waals surface area contributed by atoms with Crippen molar-refractivity contribution in [1.29, 1.82) is 0 Å². The van der Waals surface area contributed by atoms with E-state index in [2.05, 4.69) is 48.6 Å². The highest BCUT2D eigenvalue weighted by Gasteiger charge is 2.27. The Hall–Kier alpha value is -2.07. The lowest BCUT2D eigenvalue weighted by atomic mass is 9.99. The molecule has 1 aliphatic heterocycles. The highest BCUT2D eigenvalue weighted by molar-refractivity contribution is 5.86. The van der Waals surface area contributed by atoms with Crippen molar-refractivity contribution < 1.29 is 9.90 Å². The lowest BCUT2D eigenvalue weighted by molar-refractivity contribution is 0.154. The van der Waals surface area contributed by atoms with Crippen LogP contribution in [-0.2, 0) is 0 Å². The van der Waals surface area contributed by atoms with E-state index in [4.69, 9.17) is 5.11 Å². The zero-order chi connectivity index (χ0) is 14.8. The van der Waals surface area contributed by atoms with Crippen molar-refractivity contribution in [2.75, 3.05) is 13.1 Å². The van der Waals surface area contributed by atoms with E-state index in [1.54, 1.807) is 0 Å². The minimum atomic E-state index is -0.822. The quantitative estimate of drug-likeness (QED) is 0.909. The SMILES string of the molecule is CC(NC1CCN(C(=O)O)C1)c1cccc2ccccc12. The maximum absolute atomic E-state index is 11.0. The van der Waals surface area contributed by atoms with Crippen molar-refractivity contribution in [3.63, 3.8) is 0 Å². The van der Waals surface area contributed by atoms with Gasteiger partial charge in [0.15, 0.2) is 0 Å². The smallest absolute Gasteiger partial charge is 0.407 e. The summed E-state index contributed by atoms with van der Waals surface area (Å²) in [5.41, 5.74) is 1.27. The second kappa shape index (κ2) is 5.74. The average Bonchev–Trinajstić information content (AvgIpc) is 2.95. The molecule has 2 N–H and O–H groups in total. The van der Waals surface area contributed by atoms with Gasteiger partial charge in [0.25, 0.3) is 0 Å². The van der Waals surface area contributed by atoms with Crippen molar-refractivity contribution in [1.82, 2.24) is 10.2 Å². The number of hydrogen-bond acceptors (Lipinski definition) is 2. The van der Waals surface area contributed by atoms with Crippen molar-refractivity contribution in [2.24, 2.45) is 0 Å². The molecule has 2 aromatic rings. The summed E-state index contributed by atoms with van der Waals surface area (Å²) in [6, 6.07) is 15.1. The van der Waals surface area contributed by atoms with Gasteiger partial charge in [-0.05, 0) is 29.7 Å². The summed E-state index contributed by atoms with van der Waals surface area (Å²) in [7, 11) is 0. The number of fused-ring (bicyclic) bond motifs is 1. The van der Waals surface area contributed by atoms with Crippen LogP contribution in [0.25, 0.3) is 10.8 Å². The molecule has 0 bridgehead atoms. The molecule has 2 aromatic carbocycles. The summed E-state index contributed by atoms with van der Waals surface area (Å²) < 4.78 is 0. The minimum absolute atomic E-state index is 0.204. The molecule has 2 atom stereocenters. The van der Waals surface area contributed by atoms with Gasteiger partial charge in [0, 0.05) is 25.2 Å². The minimum Gasteiger partial charge on any atom is -0.465 e. The summed E-state index contributed by atoms with van der Waals surface area (Å²) in [5.74, 6) is 0. The van der Waals surface area contributed by atoms with Gasteiger partial charge < -0.3 is 15.3 Å². The Morgan fingerprint density at radius 2 is 2.05 bits per heavy atom. The molecule has 0 spiro atoms. The highest BCUT2D eigenvalue weighted by atomic mass is 16.4. The van der Waals surface area contributed by atoms with Gasteiger partial charge in [-0.3, -0.25) is 0 Å². The van der Waals surface area contributed by atoms with E-state index in [-0.39, 0.29) is 12.1 Å². The van der Waals surface area contributed by atoms with Crippen LogP contribution in [0.3, 0.4) is 0 Å². The van der Waals surface area contributed by atoms with Crippen molar-refractivity contribution in [3.05, 3.63) is 48.0 Å². The van der Waals surface area contributed by atoms with Crippen LogP contribution in [-0.4, -0.2) is 35.2 Å². The first kappa shape index (κ1) is 13.9. The third kappa shape index (κ3) is 2.85. The molecule has 4 nitrogen and oxygen atoms in total. The lowest BCUT2D eigenvalue weighted by Gasteiger charge is -2.21. The van der Waals surface area contributed by atoms with Crippen LogP contribution < -0.4 is 5.32 Å². The number of nitrogens with one attached hydrogen (secondary N) is 1. The van der Waals surface area contributed by atoms with Crippen LogP contribution in [0, 0.1) is 0 Å². The number of hydrogen-bond donors (Lipinski definition) is 2. The summed E-state index contributed by atoms with van der Waals surface area (Å²) in [5, 5.41) is 15.1. The number of likely N-dealkylation sites (tertiary alicyclic amines) is 1. The first-order valence-electron chi connectivity index (χ1n) is 7.37. The molecule has 2 unspecified atom stereocenters. The van der Waals surface area contributed by atoms with Gasteiger partial charge in [0.1, 0.15) is 0 Å². The van der Waals surface area contributed by atoms with Gasteiger partial charge in [0.2, 0.25) is 0 Å². The molecule has 3 rings (SSSR count). The summed E-state index contributed by atoms with van der Waals surface area (Å²) >= 11 is 0. The molecule has 0 aliphatic carbocycles. The largest absolute Gasteiger partial charge is 0.465 e. The standard InChI is InChI=1S/C17H20N2O2/c1-12(18-14-9-10-19(11-14)17(20)21)15-8-4-6-13-5-2-3-7-16(13)15/h2-8,12,14,18H,9-11H2,1H3,(H,20,21). The third-order valence-electron chi connectivity index (χ3n) is 4.23. The molecule has 0 aromatic heterocycles. The molecule has 110 valence electrons. The predicted molar refractivity (Wildman–Crippen MR) is 83.5 cm³/mol. The number of nitrogens with zero attached hydrogens (tertiary/aromatic N) is 1. The molecule has 1 aliphatic rings. The molecule has 1 fully saturated rings. The molecule has 1 amide bonds. The van der Waals surface area contributed by atoms with Gasteiger partial charge in [-0.25, -0.2) is 4.79 Å². The van der Waals surface area contributed by atoms with Gasteiger partial charge in [0.05, 0.1) is 0 Å². The topological polar surface area (TPSA) is 52.6 Å². The molecular formula is C17H20N2O2. The monoisotopic (exact) mass is 284 g/mol. The van der Waals surface area contributed by atoms with Crippen molar-refractivity contribution in [2.45, 2.75) is 25.4 Å². The molecular weight excluding hydrogens is 264 g/mol. The van der Waals surface area contributed by atoms with E-state index < -0.39 is 6.09 Å². The molecule has 0 saturated carbocycles. The first-order chi connectivity index (χ1) is 10.1. The fourth-order valence-corrected chi connectivity index (χ4v) is 3.14. The zero-order valence-corrected chi connectivity index (χ0v) is 12.1. The Morgan fingerprint density at radius 1 is 1.29 bits per heavy atom. The summed E-state index contributed by atoms with van der Waals surface area (Å²) in [6.45, 7) is 3.34. The predicted octanol–water partition coefficient (Wildman–Crippen LogP) is 3.24. The first-order valence-corrected chi connectivity index (χ1v) is 7.37. The highest BCUT2D eigenvalue weighted by Crippen LogP contribution is 2.25. The van der Waals surface area contributed by atoms with Gasteiger partial charge in [-0.15, -0.1) is 0 Å². The molecule has 1 heterocycles. The zero-order valence-electron chi connectivity index (χ0n) is 12.1. The van der Waals surface area contributed by atoms with Crippen molar-refractivity contribution in [3.8, 4) is 0 Å². The number of carbonyl (C=O) groups is 1. The number of amides is 1. The molecule has 4 heteroatoms. The maximum Gasteiger partial charge on any atom is 0.407 e. The molecule has 0 radical (unpaired) electrons. The van der Waals surface area contributed by atoms with Crippen LogP contribution in [0.2, 0.25) is 0 Å². The Balaban J connectivity index is 1.76. The number of rotatable bonds is 3. The maximum atomic E-state index is 11.0. The Kier molecular flexibility index (Phi) is 3.80. The van der Waals surface area contributed by atoms with E-state index in [1.807, 2.05) is 6.07 Å². The fourth-order valence-electron chi connectivity index (χ4n) is 3.14. The van der Waals surface area contributed by atoms with E-state index in [0.29, 0.717) is 13.1 Å². The van der Waals surface area contributed by atoms with Crippen LogP contribution in [0.4, 0.5) is 4.79 Å². The van der Waals surface area contributed by atoms with Crippen LogP contribution in [0.5, 0.6) is 0 Å². The lowest BCUT2D eigenvalue weighted by Crippen LogP contribution is -2.35. The summed E-state index contributed by atoms with van der Waals surface area (Å²) in [6.07, 6.45) is 0.0543. The van der Waals surface area contributed by atoms with Crippen LogP contribution in [0.15, 0.2) is 42.5 Å². The number of benzene rings is 2. The molecule has 21 heavy (non-hydrogen) atoms. The van der Waals surface area contributed by atoms with E-state index in [9.17, 15) is 4.79 Å². The molecule has 1 saturated heterocycles. The normalized spacial score (nSPS) is 19.9. The Morgan fingerprint density at radius 3 is 2.81 bits per heavy atom. The number of carboxylic acid groups (broad SMARTS) is 1. The van der Waals surface area contributed by atoms with Crippen LogP contribution >= 0.6 is 0 Å². The van der Waals surface area contributed by atoms with E-state index >= 15 is 0 Å². The van der Waals surface area contributed by atoms with Crippen LogP contribution in [0.1, 0.15) is 24.9 Å². The third-order valence-corrected chi connectivity index (χ3v) is 4.23. The van der Waals surface area contributed by atoms with Gasteiger partial charge in [-0.2, -0.15) is 0 Å². The van der Waals surface area contributed by atoms with Gasteiger partial charge in [-0.1, -0.05) is 42.5 Å². The average molecular weight is 284 g/mol. The van der Waals surface area contributed by atoms with E-state index in [0.717, 1.165) is 6.42 Å². The fraction of sp³-hybridized carbons (Fsp3) is 0.353. The summed E-state index contributed by atoms with van der Waals surface area (Å²) in [4.78, 5) is 12.5.